The molecule has 0 bridgehead atoms. The monoisotopic (exact) mass is 574 g/mol. The van der Waals surface area contributed by atoms with Gasteiger partial charge in [0.1, 0.15) is 24.4 Å². The minimum Gasteiger partial charge on any atom is -0.466 e. The van der Waals surface area contributed by atoms with E-state index >= 15 is 0 Å². The van der Waals surface area contributed by atoms with Crippen molar-refractivity contribution in [3.8, 4) is 22.5 Å². The number of hydrogen-bond donors (Lipinski definition) is 3. The molecular weight excluding hydrogens is 526 g/mol. The topological polar surface area (TPSA) is 122 Å². The number of nitrogens with zero attached hydrogens (tertiary/aromatic N) is 2. The number of anilines is 1. The Morgan fingerprint density at radius 1 is 0.952 bits per heavy atom. The van der Waals surface area contributed by atoms with Crippen LogP contribution in [-0.4, -0.2) is 51.6 Å². The first-order valence-corrected chi connectivity index (χ1v) is 14.8. The minimum atomic E-state index is -0.288. The van der Waals surface area contributed by atoms with Gasteiger partial charge < -0.3 is 25.5 Å². The van der Waals surface area contributed by atoms with Crippen LogP contribution in [-0.2, 0) is 9.53 Å². The van der Waals surface area contributed by atoms with Crippen molar-refractivity contribution in [2.75, 3.05) is 44.7 Å². The van der Waals surface area contributed by atoms with E-state index in [-0.39, 0.29) is 11.8 Å². The van der Waals surface area contributed by atoms with Crippen molar-refractivity contribution < 1.29 is 13.9 Å². The number of carbonyl (C=O) groups excluding carboxylic acids is 1. The molecule has 4 rings (SSSR count). The van der Waals surface area contributed by atoms with Gasteiger partial charge in [-0.1, -0.05) is 30.3 Å². The van der Waals surface area contributed by atoms with Crippen LogP contribution in [0.1, 0.15) is 47.5 Å². The number of benzene rings is 3. The molecule has 8 heteroatoms. The number of nitrogens with one attached hydrogen (secondary N) is 1. The summed E-state index contributed by atoms with van der Waals surface area (Å²) in [4.78, 5) is 12.5. The van der Waals surface area contributed by atoms with Crippen LogP contribution in [0.25, 0.3) is 33.4 Å². The summed E-state index contributed by atoms with van der Waals surface area (Å²) in [5, 5.41) is 9.17. The Hall–Kier alpha value is -4.17. The summed E-state index contributed by atoms with van der Waals surface area (Å²) in [6.45, 7) is 14.4. The Kier molecular flexibility index (Phi) is 14.3. The van der Waals surface area contributed by atoms with Gasteiger partial charge >= 0.3 is 5.97 Å². The van der Waals surface area contributed by atoms with E-state index in [1.54, 1.807) is 0 Å². The van der Waals surface area contributed by atoms with Crippen LogP contribution in [0, 0.1) is 5.41 Å². The highest BCUT2D eigenvalue weighted by Gasteiger charge is 2.19. The fourth-order valence-corrected chi connectivity index (χ4v) is 4.83. The SMILES string of the molecule is CC(=O)OCCCC(=N)N.CCN(CC)c1ccc2c(-c3ccccc3)c3ccc(=[N+](CC)CC)cc-3oc2c1.CN. The summed E-state index contributed by atoms with van der Waals surface area (Å²) in [6, 6.07) is 23.9. The third-order valence-electron chi connectivity index (χ3n) is 6.90. The van der Waals surface area contributed by atoms with Gasteiger partial charge in [-0.05, 0) is 64.9 Å². The summed E-state index contributed by atoms with van der Waals surface area (Å²) in [7, 11) is 1.50. The number of nitrogens with two attached hydrogens (primary N) is 2. The molecule has 0 amide bonds. The highest BCUT2D eigenvalue weighted by Crippen LogP contribution is 2.40. The summed E-state index contributed by atoms with van der Waals surface area (Å²) < 4.78 is 13.5. The number of carbonyl (C=O) groups is 1. The molecule has 0 aromatic heterocycles. The Balaban J connectivity index is 0.000000438. The predicted molar refractivity (Wildman–Crippen MR) is 176 cm³/mol. The number of hydrogen-bond acceptors (Lipinski definition) is 6. The van der Waals surface area contributed by atoms with E-state index in [0.29, 0.717) is 19.4 Å². The molecule has 226 valence electrons. The van der Waals surface area contributed by atoms with Crippen LogP contribution in [0.2, 0.25) is 0 Å². The molecule has 0 saturated heterocycles. The molecule has 1 heterocycles. The number of esters is 1. The lowest BCUT2D eigenvalue weighted by molar-refractivity contribution is -0.141. The van der Waals surface area contributed by atoms with E-state index in [1.807, 2.05) is 0 Å². The molecular formula is C34H48N5O3+. The molecule has 2 aromatic rings. The minimum absolute atomic E-state index is 0.132. The van der Waals surface area contributed by atoms with E-state index in [9.17, 15) is 4.79 Å². The Labute approximate surface area is 250 Å². The average Bonchev–Trinajstić information content (AvgIpc) is 3.01. The first kappa shape index (κ1) is 34.0. The molecule has 0 unspecified atom stereocenters. The number of rotatable bonds is 10. The van der Waals surface area contributed by atoms with Crippen LogP contribution in [0.5, 0.6) is 0 Å². The molecule has 0 atom stereocenters. The lowest BCUT2D eigenvalue weighted by Gasteiger charge is -2.22. The molecule has 0 spiro atoms. The van der Waals surface area contributed by atoms with Gasteiger partial charge in [-0.3, -0.25) is 10.2 Å². The quantitative estimate of drug-likeness (QED) is 0.0558. The van der Waals surface area contributed by atoms with Crippen molar-refractivity contribution in [3.63, 3.8) is 0 Å². The second-order valence-corrected chi connectivity index (χ2v) is 9.52. The zero-order valence-corrected chi connectivity index (χ0v) is 26.1. The van der Waals surface area contributed by atoms with Gasteiger partial charge in [0.25, 0.3) is 0 Å². The van der Waals surface area contributed by atoms with Gasteiger partial charge in [-0.15, -0.1) is 0 Å². The average molecular weight is 575 g/mol. The second-order valence-electron chi connectivity index (χ2n) is 9.52. The zero-order chi connectivity index (χ0) is 31.1. The first-order chi connectivity index (χ1) is 20.3. The fourth-order valence-electron chi connectivity index (χ4n) is 4.83. The van der Waals surface area contributed by atoms with Crippen molar-refractivity contribution in [1.29, 1.82) is 5.41 Å². The molecule has 42 heavy (non-hydrogen) atoms. The van der Waals surface area contributed by atoms with Crippen molar-refractivity contribution in [2.45, 2.75) is 47.5 Å². The Morgan fingerprint density at radius 3 is 2.19 bits per heavy atom. The van der Waals surface area contributed by atoms with E-state index < -0.39 is 0 Å². The molecule has 2 aromatic carbocycles. The van der Waals surface area contributed by atoms with E-state index in [4.69, 9.17) is 15.6 Å². The first-order valence-electron chi connectivity index (χ1n) is 14.8. The van der Waals surface area contributed by atoms with Crippen molar-refractivity contribution in [3.05, 3.63) is 72.1 Å². The van der Waals surface area contributed by atoms with Gasteiger partial charge in [0.05, 0.1) is 18.5 Å². The molecule has 8 nitrogen and oxygen atoms in total. The molecule has 0 saturated carbocycles. The second kappa shape index (κ2) is 17.6. The fraction of sp³-hybridized carbons (Fsp3) is 0.382. The maximum Gasteiger partial charge on any atom is 0.302 e. The van der Waals surface area contributed by atoms with Crippen LogP contribution >= 0.6 is 0 Å². The molecule has 2 aliphatic rings. The number of fused-ring (bicyclic) bond motifs is 2. The summed E-state index contributed by atoms with van der Waals surface area (Å²) >= 11 is 0. The van der Waals surface area contributed by atoms with Crippen LogP contribution in [0.4, 0.5) is 5.69 Å². The summed E-state index contributed by atoms with van der Waals surface area (Å²) in [5.74, 6) is 0.776. The highest BCUT2D eigenvalue weighted by atomic mass is 16.5. The molecule has 0 fully saturated rings. The van der Waals surface area contributed by atoms with Gasteiger partial charge in [-0.25, -0.2) is 4.58 Å². The molecule has 1 aliphatic heterocycles. The standard InChI is InChI=1S/C27H31N2O.C6H12N2O2.CH5N/c1-5-28(6-2)21-14-16-23-25(18-21)30-26-19-22(29(7-3)8-4)15-17-24(26)27(23)20-12-10-9-11-13-20;1-5(9)10-4-2-3-6(7)8;1-2/h9-19H,5-8H2,1-4H3;2-4H2,1H3,(H3,7,8);2H2,1H3/q+1;;. The largest absolute Gasteiger partial charge is 0.466 e. The third-order valence-corrected chi connectivity index (χ3v) is 6.90. The molecule has 5 N–H and O–H groups in total. The maximum atomic E-state index is 10.2. The molecule has 0 radical (unpaired) electrons. The van der Waals surface area contributed by atoms with E-state index in [2.05, 4.69) is 114 Å². The van der Waals surface area contributed by atoms with Crippen LogP contribution in [0.15, 0.2) is 71.1 Å². The van der Waals surface area contributed by atoms with Crippen molar-refractivity contribution in [2.24, 2.45) is 11.5 Å². The predicted octanol–water partition coefficient (Wildman–Crippen LogP) is 5.70. The van der Waals surface area contributed by atoms with Crippen molar-refractivity contribution >= 4 is 28.5 Å². The van der Waals surface area contributed by atoms with Gasteiger partial charge in [0, 0.05) is 60.8 Å². The van der Waals surface area contributed by atoms with Gasteiger partial charge in [0.2, 0.25) is 5.36 Å². The normalized spacial score (nSPS) is 10.3. The summed E-state index contributed by atoms with van der Waals surface area (Å²) in [5.41, 5.74) is 15.3. The third kappa shape index (κ3) is 9.17. The van der Waals surface area contributed by atoms with E-state index in [0.717, 1.165) is 48.5 Å². The lowest BCUT2D eigenvalue weighted by Crippen LogP contribution is -2.29. The lowest BCUT2D eigenvalue weighted by atomic mass is 9.93. The van der Waals surface area contributed by atoms with E-state index in [1.165, 1.54) is 36.1 Å². The molecule has 1 aliphatic carbocycles. The smallest absolute Gasteiger partial charge is 0.302 e. The van der Waals surface area contributed by atoms with Crippen LogP contribution < -0.4 is 26.3 Å². The number of ether oxygens (including phenoxy) is 1. The number of amidine groups is 1. The Bertz CT molecular complexity index is 1440. The Morgan fingerprint density at radius 2 is 1.62 bits per heavy atom. The maximum absolute atomic E-state index is 10.2. The summed E-state index contributed by atoms with van der Waals surface area (Å²) in [6.07, 6.45) is 1.13. The van der Waals surface area contributed by atoms with Crippen LogP contribution in [0.3, 0.4) is 0 Å². The zero-order valence-electron chi connectivity index (χ0n) is 26.1. The van der Waals surface area contributed by atoms with Crippen molar-refractivity contribution in [1.82, 2.24) is 4.58 Å². The van der Waals surface area contributed by atoms with Gasteiger partial charge in [0.15, 0.2) is 0 Å². The highest BCUT2D eigenvalue weighted by molar-refractivity contribution is 6.02. The van der Waals surface area contributed by atoms with Gasteiger partial charge in [-0.2, -0.15) is 0 Å².